The van der Waals surface area contributed by atoms with Gasteiger partial charge < -0.3 is 16.4 Å². The third kappa shape index (κ3) is 2.40. The van der Waals surface area contributed by atoms with E-state index in [4.69, 9.17) is 11.5 Å². The molecule has 1 unspecified atom stereocenters. The van der Waals surface area contributed by atoms with E-state index >= 15 is 0 Å². The maximum atomic E-state index is 11.5. The zero-order valence-electron chi connectivity index (χ0n) is 9.23. The molecule has 86 valence electrons. The molecule has 1 atom stereocenters. The zero-order valence-corrected chi connectivity index (χ0v) is 9.23. The smallest absolute Gasteiger partial charge is 0.224 e. The summed E-state index contributed by atoms with van der Waals surface area (Å²) in [4.78, 5) is 13.3. The third-order valence-electron chi connectivity index (χ3n) is 2.88. The van der Waals surface area contributed by atoms with Gasteiger partial charge in [-0.1, -0.05) is 24.3 Å². The molecule has 0 bridgehead atoms. The van der Waals surface area contributed by atoms with Gasteiger partial charge in [-0.25, -0.2) is 0 Å². The van der Waals surface area contributed by atoms with Gasteiger partial charge in [-0.2, -0.15) is 0 Å². The van der Waals surface area contributed by atoms with Crippen molar-refractivity contribution < 1.29 is 4.79 Å². The number of likely N-dealkylation sites (tertiary alicyclic amines) is 1. The molecule has 1 aliphatic rings. The zero-order chi connectivity index (χ0) is 11.5. The fourth-order valence-corrected chi connectivity index (χ4v) is 1.96. The van der Waals surface area contributed by atoms with E-state index in [1.54, 1.807) is 0 Å². The summed E-state index contributed by atoms with van der Waals surface area (Å²) in [5.74, 6) is 0.149. The normalized spacial score (nSPS) is 20.5. The molecule has 1 aliphatic heterocycles. The van der Waals surface area contributed by atoms with Gasteiger partial charge in [0.1, 0.15) is 0 Å². The summed E-state index contributed by atoms with van der Waals surface area (Å²) in [5, 5.41) is 0. The molecule has 1 saturated heterocycles. The summed E-state index contributed by atoms with van der Waals surface area (Å²) < 4.78 is 0. The summed E-state index contributed by atoms with van der Waals surface area (Å²) in [6.07, 6.45) is 0.473. The van der Waals surface area contributed by atoms with E-state index in [0.717, 1.165) is 11.1 Å². The number of amides is 1. The molecule has 4 nitrogen and oxygen atoms in total. The Hall–Kier alpha value is -1.39. The molecular weight excluding hydrogens is 202 g/mol. The quantitative estimate of drug-likeness (QED) is 0.763. The van der Waals surface area contributed by atoms with Gasteiger partial charge in [-0.15, -0.1) is 0 Å². The first kappa shape index (κ1) is 11.1. The van der Waals surface area contributed by atoms with Gasteiger partial charge in [0.15, 0.2) is 0 Å². The van der Waals surface area contributed by atoms with Gasteiger partial charge in [0.05, 0.1) is 0 Å². The average Bonchev–Trinajstić information content (AvgIpc) is 2.59. The molecule has 1 fully saturated rings. The van der Waals surface area contributed by atoms with E-state index < -0.39 is 0 Å². The van der Waals surface area contributed by atoms with Crippen LogP contribution in [0.5, 0.6) is 0 Å². The average molecular weight is 219 g/mol. The van der Waals surface area contributed by atoms with Crippen LogP contribution < -0.4 is 11.5 Å². The van der Waals surface area contributed by atoms with Gasteiger partial charge in [-0.05, 0) is 11.1 Å². The number of rotatable bonds is 3. The SMILES string of the molecule is NCc1ccc(CN2CC(N)CC2=O)cc1. The second kappa shape index (κ2) is 4.63. The van der Waals surface area contributed by atoms with Crippen molar-refractivity contribution in [1.82, 2.24) is 4.90 Å². The number of nitrogens with two attached hydrogens (primary N) is 2. The predicted octanol–water partition coefficient (Wildman–Crippen LogP) is 0.205. The Morgan fingerprint density at radius 3 is 2.38 bits per heavy atom. The maximum Gasteiger partial charge on any atom is 0.224 e. The molecule has 1 aromatic carbocycles. The van der Waals surface area contributed by atoms with Crippen LogP contribution >= 0.6 is 0 Å². The summed E-state index contributed by atoms with van der Waals surface area (Å²) in [5.41, 5.74) is 13.5. The monoisotopic (exact) mass is 219 g/mol. The highest BCUT2D eigenvalue weighted by Crippen LogP contribution is 2.14. The van der Waals surface area contributed by atoms with Crippen LogP contribution in [0.1, 0.15) is 17.5 Å². The first-order valence-corrected chi connectivity index (χ1v) is 5.50. The Balaban J connectivity index is 2.01. The van der Waals surface area contributed by atoms with Crippen LogP contribution in [0.4, 0.5) is 0 Å². The van der Waals surface area contributed by atoms with Crippen molar-refractivity contribution in [1.29, 1.82) is 0 Å². The molecule has 1 heterocycles. The highest BCUT2D eigenvalue weighted by atomic mass is 16.2. The predicted molar refractivity (Wildman–Crippen MR) is 62.3 cm³/mol. The minimum absolute atomic E-state index is 0.00387. The van der Waals surface area contributed by atoms with Gasteiger partial charge in [0.2, 0.25) is 5.91 Å². The van der Waals surface area contributed by atoms with Crippen molar-refractivity contribution in [3.05, 3.63) is 35.4 Å². The van der Waals surface area contributed by atoms with Crippen molar-refractivity contribution in [3.8, 4) is 0 Å². The Morgan fingerprint density at radius 1 is 1.25 bits per heavy atom. The van der Waals surface area contributed by atoms with E-state index in [0.29, 0.717) is 26.1 Å². The maximum absolute atomic E-state index is 11.5. The Labute approximate surface area is 95.2 Å². The Morgan fingerprint density at radius 2 is 1.88 bits per heavy atom. The van der Waals surface area contributed by atoms with Crippen LogP contribution in [0.15, 0.2) is 24.3 Å². The minimum Gasteiger partial charge on any atom is -0.337 e. The molecule has 4 heteroatoms. The van der Waals surface area contributed by atoms with Crippen LogP contribution in [0.3, 0.4) is 0 Å². The fraction of sp³-hybridized carbons (Fsp3) is 0.417. The molecule has 2 rings (SSSR count). The first-order valence-electron chi connectivity index (χ1n) is 5.50. The van der Waals surface area contributed by atoms with Crippen molar-refractivity contribution in [2.75, 3.05) is 6.54 Å². The molecule has 4 N–H and O–H groups in total. The number of hydrogen-bond acceptors (Lipinski definition) is 3. The van der Waals surface area contributed by atoms with E-state index in [1.165, 1.54) is 0 Å². The van der Waals surface area contributed by atoms with Crippen LogP contribution in [0, 0.1) is 0 Å². The van der Waals surface area contributed by atoms with Crippen LogP contribution in [-0.2, 0) is 17.9 Å². The van der Waals surface area contributed by atoms with E-state index in [1.807, 2.05) is 29.2 Å². The lowest BCUT2D eigenvalue weighted by Crippen LogP contribution is -2.27. The summed E-state index contributed by atoms with van der Waals surface area (Å²) in [7, 11) is 0. The second-order valence-electron chi connectivity index (χ2n) is 4.26. The number of benzene rings is 1. The van der Waals surface area contributed by atoms with Crippen LogP contribution in [0.2, 0.25) is 0 Å². The number of carbonyl (C=O) groups excluding carboxylic acids is 1. The van der Waals surface area contributed by atoms with Crippen molar-refractivity contribution in [3.63, 3.8) is 0 Å². The minimum atomic E-state index is -0.00387. The highest BCUT2D eigenvalue weighted by Gasteiger charge is 2.26. The highest BCUT2D eigenvalue weighted by molar-refractivity contribution is 5.79. The van der Waals surface area contributed by atoms with Crippen LogP contribution in [-0.4, -0.2) is 23.4 Å². The number of carbonyl (C=O) groups is 1. The largest absolute Gasteiger partial charge is 0.337 e. The number of hydrogen-bond donors (Lipinski definition) is 2. The molecule has 0 spiro atoms. The number of nitrogens with zero attached hydrogens (tertiary/aromatic N) is 1. The first-order chi connectivity index (χ1) is 7.69. The Bertz CT molecular complexity index is 374. The van der Waals surface area contributed by atoms with Gasteiger partial charge >= 0.3 is 0 Å². The lowest BCUT2D eigenvalue weighted by molar-refractivity contribution is -0.128. The standard InChI is InChI=1S/C12H17N3O/c13-6-9-1-3-10(4-2-9)7-15-8-11(14)5-12(15)16/h1-4,11H,5-8,13-14H2. The van der Waals surface area contributed by atoms with E-state index in [9.17, 15) is 4.79 Å². The lowest BCUT2D eigenvalue weighted by atomic mass is 10.1. The summed E-state index contributed by atoms with van der Waals surface area (Å²) in [6.45, 7) is 1.86. The van der Waals surface area contributed by atoms with Crippen LogP contribution in [0.25, 0.3) is 0 Å². The molecule has 1 aromatic rings. The molecule has 0 aliphatic carbocycles. The van der Waals surface area contributed by atoms with E-state index in [2.05, 4.69) is 0 Å². The van der Waals surface area contributed by atoms with Crippen molar-refractivity contribution in [2.45, 2.75) is 25.6 Å². The summed E-state index contributed by atoms with van der Waals surface area (Å²) in [6, 6.07) is 8.01. The molecular formula is C12H17N3O. The van der Waals surface area contributed by atoms with Gasteiger partial charge in [0, 0.05) is 32.1 Å². The van der Waals surface area contributed by atoms with Gasteiger partial charge in [0.25, 0.3) is 0 Å². The second-order valence-corrected chi connectivity index (χ2v) is 4.26. The summed E-state index contributed by atoms with van der Waals surface area (Å²) >= 11 is 0. The molecule has 16 heavy (non-hydrogen) atoms. The van der Waals surface area contributed by atoms with Gasteiger partial charge in [-0.3, -0.25) is 4.79 Å². The third-order valence-corrected chi connectivity index (χ3v) is 2.88. The Kier molecular flexibility index (Phi) is 3.22. The lowest BCUT2D eigenvalue weighted by Gasteiger charge is -2.16. The molecule has 1 amide bonds. The van der Waals surface area contributed by atoms with Crippen molar-refractivity contribution >= 4 is 5.91 Å². The molecule has 0 saturated carbocycles. The van der Waals surface area contributed by atoms with E-state index in [-0.39, 0.29) is 11.9 Å². The topological polar surface area (TPSA) is 72.3 Å². The molecule has 0 radical (unpaired) electrons. The molecule has 0 aromatic heterocycles. The fourth-order valence-electron chi connectivity index (χ4n) is 1.96. The van der Waals surface area contributed by atoms with Crippen molar-refractivity contribution in [2.24, 2.45) is 11.5 Å².